The second-order valence-electron chi connectivity index (χ2n) is 4.48. The number of carbonyl (C=O) groups excluding carboxylic acids is 1. The SMILES string of the molecule is COC(=O)/C=C\c1ccc(OCc2cc(C)on2)c(OC)c1. The Morgan fingerprint density at radius 3 is 2.73 bits per heavy atom. The van der Waals surface area contributed by atoms with Crippen LogP contribution < -0.4 is 9.47 Å². The number of methoxy groups -OCH3 is 2. The third-order valence-corrected chi connectivity index (χ3v) is 2.85. The first-order valence-corrected chi connectivity index (χ1v) is 6.61. The van der Waals surface area contributed by atoms with Crippen molar-refractivity contribution in [3.63, 3.8) is 0 Å². The Morgan fingerprint density at radius 1 is 1.27 bits per heavy atom. The predicted molar refractivity (Wildman–Crippen MR) is 79.6 cm³/mol. The molecular weight excluding hydrogens is 286 g/mol. The van der Waals surface area contributed by atoms with E-state index in [1.807, 2.05) is 13.0 Å². The fourth-order valence-corrected chi connectivity index (χ4v) is 1.78. The van der Waals surface area contributed by atoms with Gasteiger partial charge in [0, 0.05) is 12.1 Å². The zero-order valence-electron chi connectivity index (χ0n) is 12.7. The number of nitrogens with zero attached hydrogens (tertiary/aromatic N) is 1. The average Bonchev–Trinajstić information content (AvgIpc) is 2.96. The van der Waals surface area contributed by atoms with Gasteiger partial charge < -0.3 is 18.7 Å². The minimum absolute atomic E-state index is 0.283. The Labute approximate surface area is 128 Å². The number of carbonyl (C=O) groups is 1. The molecule has 1 aromatic heterocycles. The predicted octanol–water partition coefficient (Wildman–Crippen LogP) is 2.76. The third-order valence-electron chi connectivity index (χ3n) is 2.85. The van der Waals surface area contributed by atoms with Gasteiger partial charge in [0.2, 0.25) is 0 Å². The molecule has 0 spiro atoms. The van der Waals surface area contributed by atoms with E-state index in [2.05, 4.69) is 9.89 Å². The molecule has 0 bridgehead atoms. The normalized spacial score (nSPS) is 10.7. The molecule has 0 saturated carbocycles. The first-order chi connectivity index (χ1) is 10.6. The summed E-state index contributed by atoms with van der Waals surface area (Å²) in [4.78, 5) is 11.1. The van der Waals surface area contributed by atoms with Gasteiger partial charge in [-0.2, -0.15) is 0 Å². The number of ether oxygens (including phenoxy) is 3. The highest BCUT2D eigenvalue weighted by Crippen LogP contribution is 2.29. The van der Waals surface area contributed by atoms with Crippen LogP contribution in [0.3, 0.4) is 0 Å². The van der Waals surface area contributed by atoms with Crippen molar-refractivity contribution in [1.29, 1.82) is 0 Å². The van der Waals surface area contributed by atoms with Crippen molar-refractivity contribution in [2.45, 2.75) is 13.5 Å². The van der Waals surface area contributed by atoms with Gasteiger partial charge in [0.05, 0.1) is 14.2 Å². The van der Waals surface area contributed by atoms with Crippen LogP contribution in [0.4, 0.5) is 0 Å². The monoisotopic (exact) mass is 303 g/mol. The molecule has 0 amide bonds. The van der Waals surface area contributed by atoms with Crippen molar-refractivity contribution in [1.82, 2.24) is 5.16 Å². The zero-order valence-corrected chi connectivity index (χ0v) is 12.7. The summed E-state index contributed by atoms with van der Waals surface area (Å²) in [6, 6.07) is 7.15. The zero-order chi connectivity index (χ0) is 15.9. The van der Waals surface area contributed by atoms with Crippen LogP contribution in [0.15, 0.2) is 34.9 Å². The fraction of sp³-hybridized carbons (Fsp3) is 0.250. The molecule has 0 radical (unpaired) electrons. The lowest BCUT2D eigenvalue weighted by atomic mass is 10.2. The Hall–Kier alpha value is -2.76. The second kappa shape index (κ2) is 7.31. The Bertz CT molecular complexity index is 675. The summed E-state index contributed by atoms with van der Waals surface area (Å²) < 4.78 is 20.5. The molecule has 0 saturated heterocycles. The van der Waals surface area contributed by atoms with E-state index in [1.54, 1.807) is 31.4 Å². The van der Waals surface area contributed by atoms with Crippen LogP contribution in [0.25, 0.3) is 6.08 Å². The van der Waals surface area contributed by atoms with Gasteiger partial charge in [-0.05, 0) is 30.7 Å². The van der Waals surface area contributed by atoms with Crippen LogP contribution in [-0.4, -0.2) is 25.3 Å². The number of hydrogen-bond donors (Lipinski definition) is 0. The number of esters is 1. The molecule has 0 N–H and O–H groups in total. The number of benzene rings is 1. The number of hydrogen-bond acceptors (Lipinski definition) is 6. The second-order valence-corrected chi connectivity index (χ2v) is 4.48. The minimum atomic E-state index is -0.416. The Balaban J connectivity index is 2.08. The summed E-state index contributed by atoms with van der Waals surface area (Å²) in [5.74, 6) is 1.46. The van der Waals surface area contributed by atoms with Crippen molar-refractivity contribution in [2.24, 2.45) is 0 Å². The smallest absolute Gasteiger partial charge is 0.330 e. The highest BCUT2D eigenvalue weighted by molar-refractivity contribution is 5.87. The first-order valence-electron chi connectivity index (χ1n) is 6.61. The summed E-state index contributed by atoms with van der Waals surface area (Å²) in [7, 11) is 2.88. The maximum atomic E-state index is 11.1. The van der Waals surface area contributed by atoms with Crippen LogP contribution in [0.5, 0.6) is 11.5 Å². The van der Waals surface area contributed by atoms with Crippen LogP contribution >= 0.6 is 0 Å². The van der Waals surface area contributed by atoms with Crippen molar-refractivity contribution >= 4 is 12.0 Å². The maximum absolute atomic E-state index is 11.1. The van der Waals surface area contributed by atoms with Gasteiger partial charge >= 0.3 is 5.97 Å². The third kappa shape index (κ3) is 4.12. The molecule has 0 aliphatic carbocycles. The van der Waals surface area contributed by atoms with E-state index in [1.165, 1.54) is 13.2 Å². The van der Waals surface area contributed by atoms with E-state index < -0.39 is 5.97 Å². The molecule has 116 valence electrons. The molecular formula is C16H17NO5. The van der Waals surface area contributed by atoms with Gasteiger partial charge in [-0.1, -0.05) is 11.2 Å². The molecule has 0 fully saturated rings. The van der Waals surface area contributed by atoms with Crippen molar-refractivity contribution < 1.29 is 23.5 Å². The first kappa shape index (κ1) is 15.6. The van der Waals surface area contributed by atoms with E-state index in [0.29, 0.717) is 17.2 Å². The maximum Gasteiger partial charge on any atom is 0.330 e. The number of aromatic nitrogens is 1. The molecule has 1 aromatic carbocycles. The van der Waals surface area contributed by atoms with E-state index >= 15 is 0 Å². The lowest BCUT2D eigenvalue weighted by molar-refractivity contribution is -0.134. The van der Waals surface area contributed by atoms with Gasteiger partial charge in [0.1, 0.15) is 18.1 Å². The van der Waals surface area contributed by atoms with Gasteiger partial charge in [0.15, 0.2) is 11.5 Å². The minimum Gasteiger partial charge on any atom is -0.493 e. The molecule has 0 atom stereocenters. The van der Waals surface area contributed by atoms with E-state index in [4.69, 9.17) is 14.0 Å². The summed E-state index contributed by atoms with van der Waals surface area (Å²) in [6.07, 6.45) is 2.98. The molecule has 0 aliphatic rings. The molecule has 0 aliphatic heterocycles. The van der Waals surface area contributed by atoms with Gasteiger partial charge in [0.25, 0.3) is 0 Å². The highest BCUT2D eigenvalue weighted by atomic mass is 16.5. The number of aryl methyl sites for hydroxylation is 1. The number of rotatable bonds is 6. The lowest BCUT2D eigenvalue weighted by Crippen LogP contribution is -1.98. The van der Waals surface area contributed by atoms with E-state index in [9.17, 15) is 4.79 Å². The molecule has 2 rings (SSSR count). The van der Waals surface area contributed by atoms with Crippen LogP contribution in [0, 0.1) is 6.92 Å². The van der Waals surface area contributed by atoms with Gasteiger partial charge in [-0.3, -0.25) is 0 Å². The van der Waals surface area contributed by atoms with Crippen molar-refractivity contribution in [3.05, 3.63) is 47.4 Å². The molecule has 6 nitrogen and oxygen atoms in total. The largest absolute Gasteiger partial charge is 0.493 e. The van der Waals surface area contributed by atoms with Crippen molar-refractivity contribution in [3.8, 4) is 11.5 Å². The lowest BCUT2D eigenvalue weighted by Gasteiger charge is -2.10. The molecule has 22 heavy (non-hydrogen) atoms. The van der Waals surface area contributed by atoms with Crippen molar-refractivity contribution in [2.75, 3.05) is 14.2 Å². The Kier molecular flexibility index (Phi) is 5.19. The van der Waals surface area contributed by atoms with Crippen LogP contribution in [-0.2, 0) is 16.1 Å². The Morgan fingerprint density at radius 2 is 2.09 bits per heavy atom. The average molecular weight is 303 g/mol. The summed E-state index contributed by atoms with van der Waals surface area (Å²) in [5.41, 5.74) is 1.50. The highest BCUT2D eigenvalue weighted by Gasteiger charge is 2.07. The fourth-order valence-electron chi connectivity index (χ4n) is 1.78. The molecule has 2 aromatic rings. The van der Waals surface area contributed by atoms with E-state index in [-0.39, 0.29) is 6.61 Å². The summed E-state index contributed by atoms with van der Waals surface area (Å²) >= 11 is 0. The van der Waals surface area contributed by atoms with Crippen LogP contribution in [0.2, 0.25) is 0 Å². The quantitative estimate of drug-likeness (QED) is 0.603. The van der Waals surface area contributed by atoms with Gasteiger partial charge in [-0.15, -0.1) is 0 Å². The van der Waals surface area contributed by atoms with Gasteiger partial charge in [-0.25, -0.2) is 4.79 Å². The summed E-state index contributed by atoms with van der Waals surface area (Å²) in [6.45, 7) is 2.10. The molecule has 1 heterocycles. The van der Waals surface area contributed by atoms with Crippen LogP contribution in [0.1, 0.15) is 17.0 Å². The standard InChI is InChI=1S/C16H17NO5/c1-11-8-13(17-22-11)10-21-14-6-4-12(9-15(14)19-2)5-7-16(18)20-3/h4-9H,10H2,1-3H3/b7-5-. The molecule has 6 heteroatoms. The van der Waals surface area contributed by atoms with E-state index in [0.717, 1.165) is 11.3 Å². The molecule has 0 unspecified atom stereocenters. The topological polar surface area (TPSA) is 70.8 Å². The summed E-state index contributed by atoms with van der Waals surface area (Å²) in [5, 5.41) is 3.86.